The van der Waals surface area contributed by atoms with Gasteiger partial charge in [0.2, 0.25) is 0 Å². The molecule has 3 N–H and O–H groups in total. The zero-order chi connectivity index (χ0) is 9.68. The second-order valence-electron chi connectivity index (χ2n) is 3.06. The molecule has 1 unspecified atom stereocenters. The SMILES string of the molecule is CC(CNC(N)=S)c1ccccc1. The molecule has 0 aliphatic rings. The zero-order valence-electron chi connectivity index (χ0n) is 7.66. The molecular weight excluding hydrogens is 180 g/mol. The van der Waals surface area contributed by atoms with Gasteiger partial charge in [-0.15, -0.1) is 0 Å². The number of benzene rings is 1. The molecule has 1 aromatic carbocycles. The van der Waals surface area contributed by atoms with Crippen molar-refractivity contribution in [3.8, 4) is 0 Å². The summed E-state index contributed by atoms with van der Waals surface area (Å²) in [6, 6.07) is 10.3. The highest BCUT2D eigenvalue weighted by Gasteiger charge is 2.03. The van der Waals surface area contributed by atoms with E-state index in [1.807, 2.05) is 18.2 Å². The largest absolute Gasteiger partial charge is 0.376 e. The fourth-order valence-corrected chi connectivity index (χ4v) is 1.24. The van der Waals surface area contributed by atoms with Crippen LogP contribution >= 0.6 is 12.2 Å². The Morgan fingerprint density at radius 3 is 2.62 bits per heavy atom. The summed E-state index contributed by atoms with van der Waals surface area (Å²) in [5.74, 6) is 0.433. The van der Waals surface area contributed by atoms with Crippen molar-refractivity contribution in [3.63, 3.8) is 0 Å². The lowest BCUT2D eigenvalue weighted by atomic mass is 10.0. The molecule has 3 heteroatoms. The van der Waals surface area contributed by atoms with E-state index in [9.17, 15) is 0 Å². The molecule has 1 aromatic rings. The van der Waals surface area contributed by atoms with Crippen LogP contribution in [0.5, 0.6) is 0 Å². The Balaban J connectivity index is 2.49. The van der Waals surface area contributed by atoms with E-state index >= 15 is 0 Å². The first-order valence-electron chi connectivity index (χ1n) is 4.28. The average Bonchev–Trinajstić information content (AvgIpc) is 2.15. The first-order chi connectivity index (χ1) is 6.20. The Morgan fingerprint density at radius 2 is 2.08 bits per heavy atom. The first kappa shape index (κ1) is 9.99. The fraction of sp³-hybridized carbons (Fsp3) is 0.300. The minimum absolute atomic E-state index is 0.364. The van der Waals surface area contributed by atoms with Gasteiger partial charge < -0.3 is 11.1 Å². The predicted octanol–water partition coefficient (Wildman–Crippen LogP) is 1.62. The first-order valence-corrected chi connectivity index (χ1v) is 4.69. The molecule has 0 fully saturated rings. The van der Waals surface area contributed by atoms with Crippen molar-refractivity contribution < 1.29 is 0 Å². The number of hydrogen-bond donors (Lipinski definition) is 2. The van der Waals surface area contributed by atoms with Crippen LogP contribution in [0.15, 0.2) is 30.3 Å². The second kappa shape index (κ2) is 4.82. The Hall–Kier alpha value is -1.09. The lowest BCUT2D eigenvalue weighted by Crippen LogP contribution is -2.32. The molecule has 0 saturated heterocycles. The number of rotatable bonds is 3. The standard InChI is InChI=1S/C10H14N2S/c1-8(7-12-10(11)13)9-5-3-2-4-6-9/h2-6,8H,7H2,1H3,(H3,11,12,13). The highest BCUT2D eigenvalue weighted by Crippen LogP contribution is 2.12. The van der Waals surface area contributed by atoms with E-state index in [0.717, 1.165) is 6.54 Å². The molecule has 2 nitrogen and oxygen atoms in total. The van der Waals surface area contributed by atoms with Gasteiger partial charge >= 0.3 is 0 Å². The van der Waals surface area contributed by atoms with Gasteiger partial charge in [0.1, 0.15) is 0 Å². The Morgan fingerprint density at radius 1 is 1.46 bits per heavy atom. The normalized spacial score (nSPS) is 12.1. The third-order valence-electron chi connectivity index (χ3n) is 1.95. The molecule has 13 heavy (non-hydrogen) atoms. The molecule has 0 aromatic heterocycles. The molecule has 1 atom stereocenters. The fourth-order valence-electron chi connectivity index (χ4n) is 1.15. The van der Waals surface area contributed by atoms with Gasteiger partial charge in [0.25, 0.3) is 0 Å². The van der Waals surface area contributed by atoms with Gasteiger partial charge in [0, 0.05) is 6.54 Å². The van der Waals surface area contributed by atoms with Crippen LogP contribution in [0.1, 0.15) is 18.4 Å². The maximum atomic E-state index is 5.34. The van der Waals surface area contributed by atoms with Gasteiger partial charge in [-0.25, -0.2) is 0 Å². The zero-order valence-corrected chi connectivity index (χ0v) is 8.47. The molecule has 70 valence electrons. The van der Waals surface area contributed by atoms with Crippen LogP contribution in [0.25, 0.3) is 0 Å². The van der Waals surface area contributed by atoms with Crippen molar-refractivity contribution in [2.75, 3.05) is 6.54 Å². The van der Waals surface area contributed by atoms with E-state index in [2.05, 4.69) is 24.4 Å². The van der Waals surface area contributed by atoms with Crippen molar-refractivity contribution >= 4 is 17.3 Å². The third kappa shape index (κ3) is 3.42. The van der Waals surface area contributed by atoms with Gasteiger partial charge in [-0.2, -0.15) is 0 Å². The molecule has 0 aliphatic carbocycles. The van der Waals surface area contributed by atoms with Crippen LogP contribution < -0.4 is 11.1 Å². The van der Waals surface area contributed by atoms with Gasteiger partial charge in [0.15, 0.2) is 5.11 Å². The van der Waals surface area contributed by atoms with Crippen LogP contribution in [-0.4, -0.2) is 11.7 Å². The lowest BCUT2D eigenvalue weighted by molar-refractivity contribution is 0.722. The quantitative estimate of drug-likeness (QED) is 0.718. The predicted molar refractivity (Wildman–Crippen MR) is 59.6 cm³/mol. The molecule has 0 saturated carbocycles. The van der Waals surface area contributed by atoms with Crippen LogP contribution in [0.3, 0.4) is 0 Å². The average molecular weight is 194 g/mol. The van der Waals surface area contributed by atoms with E-state index in [1.165, 1.54) is 5.56 Å². The molecule has 0 bridgehead atoms. The van der Waals surface area contributed by atoms with Crippen molar-refractivity contribution in [1.82, 2.24) is 5.32 Å². The third-order valence-corrected chi connectivity index (χ3v) is 2.10. The summed E-state index contributed by atoms with van der Waals surface area (Å²) in [5, 5.41) is 3.32. The number of nitrogens with two attached hydrogens (primary N) is 1. The van der Waals surface area contributed by atoms with Crippen LogP contribution in [-0.2, 0) is 0 Å². The minimum atomic E-state index is 0.364. The molecule has 0 heterocycles. The van der Waals surface area contributed by atoms with Crippen LogP contribution in [0.4, 0.5) is 0 Å². The molecule has 0 aliphatic heterocycles. The van der Waals surface area contributed by atoms with Gasteiger partial charge in [-0.1, -0.05) is 37.3 Å². The monoisotopic (exact) mass is 194 g/mol. The highest BCUT2D eigenvalue weighted by atomic mass is 32.1. The molecular formula is C10H14N2S. The smallest absolute Gasteiger partial charge is 0.163 e. The Labute approximate surface area is 84.1 Å². The highest BCUT2D eigenvalue weighted by molar-refractivity contribution is 7.80. The number of thiocarbonyl (C=S) groups is 1. The minimum Gasteiger partial charge on any atom is -0.376 e. The topological polar surface area (TPSA) is 38.0 Å². The summed E-state index contributed by atoms with van der Waals surface area (Å²) in [5.41, 5.74) is 6.64. The summed E-state index contributed by atoms with van der Waals surface area (Å²) < 4.78 is 0. The van der Waals surface area contributed by atoms with Gasteiger partial charge in [0.05, 0.1) is 0 Å². The van der Waals surface area contributed by atoms with Crippen LogP contribution in [0.2, 0.25) is 0 Å². The Bertz CT molecular complexity index is 272. The Kier molecular flexibility index (Phi) is 3.71. The maximum Gasteiger partial charge on any atom is 0.163 e. The van der Waals surface area contributed by atoms with Crippen molar-refractivity contribution in [1.29, 1.82) is 0 Å². The maximum absolute atomic E-state index is 5.34. The van der Waals surface area contributed by atoms with E-state index in [-0.39, 0.29) is 0 Å². The van der Waals surface area contributed by atoms with Gasteiger partial charge in [-0.3, -0.25) is 0 Å². The van der Waals surface area contributed by atoms with Crippen molar-refractivity contribution in [2.45, 2.75) is 12.8 Å². The number of nitrogens with one attached hydrogen (secondary N) is 1. The molecule has 0 radical (unpaired) electrons. The van der Waals surface area contributed by atoms with Gasteiger partial charge in [-0.05, 0) is 23.7 Å². The van der Waals surface area contributed by atoms with E-state index < -0.39 is 0 Å². The van der Waals surface area contributed by atoms with Crippen LogP contribution in [0, 0.1) is 0 Å². The summed E-state index contributed by atoms with van der Waals surface area (Å²) in [7, 11) is 0. The summed E-state index contributed by atoms with van der Waals surface area (Å²) in [6.45, 7) is 2.93. The molecule has 1 rings (SSSR count). The second-order valence-corrected chi connectivity index (χ2v) is 3.50. The van der Waals surface area contributed by atoms with E-state index in [4.69, 9.17) is 18.0 Å². The molecule has 0 amide bonds. The van der Waals surface area contributed by atoms with E-state index in [0.29, 0.717) is 11.0 Å². The van der Waals surface area contributed by atoms with Crippen molar-refractivity contribution in [3.05, 3.63) is 35.9 Å². The number of hydrogen-bond acceptors (Lipinski definition) is 1. The van der Waals surface area contributed by atoms with E-state index in [1.54, 1.807) is 0 Å². The lowest BCUT2D eigenvalue weighted by Gasteiger charge is -2.12. The summed E-state index contributed by atoms with van der Waals surface area (Å²) in [6.07, 6.45) is 0. The van der Waals surface area contributed by atoms with Crippen molar-refractivity contribution in [2.24, 2.45) is 5.73 Å². The summed E-state index contributed by atoms with van der Waals surface area (Å²) >= 11 is 4.73. The summed E-state index contributed by atoms with van der Waals surface area (Å²) in [4.78, 5) is 0. The molecule has 0 spiro atoms.